The molecule has 0 unspecified atom stereocenters. The number of hydrogen-bond donors (Lipinski definition) is 1. The van der Waals surface area contributed by atoms with Crippen LogP contribution in [0.25, 0.3) is 0 Å². The number of rotatable bonds is 5. The van der Waals surface area contributed by atoms with Gasteiger partial charge < -0.3 is 14.8 Å². The fourth-order valence-corrected chi connectivity index (χ4v) is 3.78. The van der Waals surface area contributed by atoms with Gasteiger partial charge in [0.25, 0.3) is 0 Å². The summed E-state index contributed by atoms with van der Waals surface area (Å²) in [4.78, 5) is 0. The summed E-state index contributed by atoms with van der Waals surface area (Å²) in [7, 11) is 1.96. The van der Waals surface area contributed by atoms with E-state index in [0.717, 1.165) is 32.2 Å². The van der Waals surface area contributed by atoms with Crippen molar-refractivity contribution in [1.29, 1.82) is 0 Å². The summed E-state index contributed by atoms with van der Waals surface area (Å²) < 4.78 is 13.4. The lowest BCUT2D eigenvalue weighted by Gasteiger charge is -2.35. The molecule has 0 spiro atoms. The van der Waals surface area contributed by atoms with Crippen molar-refractivity contribution in [3.63, 3.8) is 0 Å². The van der Waals surface area contributed by atoms with E-state index in [1.165, 1.54) is 31.2 Å². The Kier molecular flexibility index (Phi) is 5.50. The van der Waals surface area contributed by atoms with Crippen LogP contribution in [0.4, 0.5) is 0 Å². The minimum absolute atomic E-state index is 0.139. The van der Waals surface area contributed by atoms with E-state index in [1.54, 1.807) is 0 Å². The zero-order valence-corrected chi connectivity index (χ0v) is 13.8. The molecule has 3 heterocycles. The molecule has 0 bridgehead atoms. The molecular weight excluding hydrogens is 278 g/mol. The van der Waals surface area contributed by atoms with Gasteiger partial charge in [-0.3, -0.25) is 4.68 Å². The smallest absolute Gasteiger partial charge is 0.101 e. The summed E-state index contributed by atoms with van der Waals surface area (Å²) >= 11 is 0. The maximum absolute atomic E-state index is 6.04. The lowest BCUT2D eigenvalue weighted by Crippen LogP contribution is -2.44. The summed E-state index contributed by atoms with van der Waals surface area (Å²) in [6.07, 6.45) is 10.1. The molecule has 0 amide bonds. The maximum Gasteiger partial charge on any atom is 0.101 e. The lowest BCUT2D eigenvalue weighted by atomic mass is 9.91. The van der Waals surface area contributed by atoms with Crippen molar-refractivity contribution in [3.8, 4) is 0 Å². The standard InChI is InChI=1S/C17H29N3O2/c1-13(10-14-5-8-21-9-6-14)19-16-4-3-7-22-17(16)15-11-18-20(2)12-15/h11-14,16-17,19H,3-10H2,1-2H3/t13-,16+,17-/m1/s1. The average molecular weight is 307 g/mol. The molecule has 0 aromatic carbocycles. The summed E-state index contributed by atoms with van der Waals surface area (Å²) in [6.45, 7) is 5.03. The fraction of sp³-hybridized carbons (Fsp3) is 0.824. The highest BCUT2D eigenvalue weighted by atomic mass is 16.5. The summed E-state index contributed by atoms with van der Waals surface area (Å²) in [6, 6.07) is 0.918. The normalized spacial score (nSPS) is 28.6. The number of hydrogen-bond acceptors (Lipinski definition) is 4. The first-order valence-corrected chi connectivity index (χ1v) is 8.66. The van der Waals surface area contributed by atoms with E-state index < -0.39 is 0 Å². The van der Waals surface area contributed by atoms with Crippen molar-refractivity contribution in [2.24, 2.45) is 13.0 Å². The Labute approximate surface area is 133 Å². The molecule has 124 valence electrons. The van der Waals surface area contributed by atoms with E-state index in [2.05, 4.69) is 23.5 Å². The van der Waals surface area contributed by atoms with Crippen molar-refractivity contribution >= 4 is 0 Å². The minimum atomic E-state index is 0.139. The maximum atomic E-state index is 6.04. The zero-order chi connectivity index (χ0) is 15.4. The molecule has 2 aliphatic heterocycles. The van der Waals surface area contributed by atoms with Crippen LogP contribution >= 0.6 is 0 Å². The molecule has 2 saturated heterocycles. The van der Waals surface area contributed by atoms with Gasteiger partial charge >= 0.3 is 0 Å². The third-order valence-electron chi connectivity index (χ3n) is 4.90. The van der Waals surface area contributed by atoms with E-state index in [4.69, 9.17) is 9.47 Å². The van der Waals surface area contributed by atoms with Crippen LogP contribution in [-0.2, 0) is 16.5 Å². The van der Waals surface area contributed by atoms with Gasteiger partial charge in [-0.1, -0.05) is 0 Å². The summed E-state index contributed by atoms with van der Waals surface area (Å²) in [5.41, 5.74) is 1.19. The predicted molar refractivity (Wildman–Crippen MR) is 85.7 cm³/mol. The molecule has 1 N–H and O–H groups in total. The van der Waals surface area contributed by atoms with Gasteiger partial charge in [0.2, 0.25) is 0 Å². The second-order valence-corrected chi connectivity index (χ2v) is 6.85. The van der Waals surface area contributed by atoms with Crippen LogP contribution in [0, 0.1) is 5.92 Å². The highest BCUT2D eigenvalue weighted by molar-refractivity contribution is 5.12. The Morgan fingerprint density at radius 1 is 1.32 bits per heavy atom. The number of aryl methyl sites for hydroxylation is 1. The third kappa shape index (κ3) is 4.09. The highest BCUT2D eigenvalue weighted by Crippen LogP contribution is 2.29. The van der Waals surface area contributed by atoms with Crippen molar-refractivity contribution in [2.75, 3.05) is 19.8 Å². The Bertz CT molecular complexity index is 457. The van der Waals surface area contributed by atoms with Gasteiger partial charge in [0, 0.05) is 50.7 Å². The number of nitrogens with zero attached hydrogens (tertiary/aromatic N) is 2. The Morgan fingerprint density at radius 2 is 2.14 bits per heavy atom. The van der Waals surface area contributed by atoms with Crippen LogP contribution in [0.1, 0.15) is 50.7 Å². The number of aromatic nitrogens is 2. The molecule has 0 saturated carbocycles. The molecule has 22 heavy (non-hydrogen) atoms. The van der Waals surface area contributed by atoms with Crippen LogP contribution in [0.5, 0.6) is 0 Å². The van der Waals surface area contributed by atoms with E-state index >= 15 is 0 Å². The number of nitrogens with one attached hydrogen (secondary N) is 1. The van der Waals surface area contributed by atoms with Gasteiger partial charge in [-0.05, 0) is 44.9 Å². The first kappa shape index (κ1) is 16.0. The molecule has 3 atom stereocenters. The van der Waals surface area contributed by atoms with Gasteiger partial charge in [-0.15, -0.1) is 0 Å². The number of ether oxygens (including phenoxy) is 2. The van der Waals surface area contributed by atoms with Gasteiger partial charge in [0.1, 0.15) is 6.10 Å². The van der Waals surface area contributed by atoms with E-state index in [1.807, 2.05) is 17.9 Å². The topological polar surface area (TPSA) is 48.3 Å². The molecule has 3 rings (SSSR count). The first-order valence-electron chi connectivity index (χ1n) is 8.66. The van der Waals surface area contributed by atoms with Crippen LogP contribution < -0.4 is 5.32 Å². The van der Waals surface area contributed by atoms with Gasteiger partial charge in [-0.25, -0.2) is 0 Å². The molecule has 2 aliphatic rings. The Hall–Kier alpha value is -0.910. The molecule has 5 heteroatoms. The molecule has 0 radical (unpaired) electrons. The first-order chi connectivity index (χ1) is 10.7. The second-order valence-electron chi connectivity index (χ2n) is 6.85. The molecule has 2 fully saturated rings. The minimum Gasteiger partial charge on any atom is -0.381 e. The second kappa shape index (κ2) is 7.57. The molecule has 1 aromatic rings. The third-order valence-corrected chi connectivity index (χ3v) is 4.90. The summed E-state index contributed by atoms with van der Waals surface area (Å²) in [5.74, 6) is 0.803. The highest BCUT2D eigenvalue weighted by Gasteiger charge is 2.30. The van der Waals surface area contributed by atoms with Crippen LogP contribution in [0.15, 0.2) is 12.4 Å². The largest absolute Gasteiger partial charge is 0.381 e. The molecule has 1 aromatic heterocycles. The quantitative estimate of drug-likeness (QED) is 0.907. The van der Waals surface area contributed by atoms with Gasteiger partial charge in [-0.2, -0.15) is 5.10 Å². The van der Waals surface area contributed by atoms with E-state index in [0.29, 0.717) is 12.1 Å². The van der Waals surface area contributed by atoms with Crippen LogP contribution in [-0.4, -0.2) is 41.7 Å². The fourth-order valence-electron chi connectivity index (χ4n) is 3.78. The van der Waals surface area contributed by atoms with Crippen molar-refractivity contribution in [1.82, 2.24) is 15.1 Å². The average Bonchev–Trinajstić information content (AvgIpc) is 2.95. The van der Waals surface area contributed by atoms with E-state index in [9.17, 15) is 0 Å². The van der Waals surface area contributed by atoms with Crippen LogP contribution in [0.2, 0.25) is 0 Å². The zero-order valence-electron chi connectivity index (χ0n) is 13.8. The van der Waals surface area contributed by atoms with Crippen molar-refractivity contribution < 1.29 is 9.47 Å². The van der Waals surface area contributed by atoms with Crippen molar-refractivity contribution in [2.45, 2.75) is 57.2 Å². The Balaban J connectivity index is 1.56. The molecule has 0 aliphatic carbocycles. The lowest BCUT2D eigenvalue weighted by molar-refractivity contribution is -0.0150. The monoisotopic (exact) mass is 307 g/mol. The van der Waals surface area contributed by atoms with Gasteiger partial charge in [0.05, 0.1) is 6.20 Å². The van der Waals surface area contributed by atoms with Crippen molar-refractivity contribution in [3.05, 3.63) is 18.0 Å². The van der Waals surface area contributed by atoms with E-state index in [-0.39, 0.29) is 6.10 Å². The molecular formula is C17H29N3O2. The van der Waals surface area contributed by atoms with Crippen LogP contribution in [0.3, 0.4) is 0 Å². The predicted octanol–water partition coefficient (Wildman–Crippen LogP) is 2.44. The molecule has 5 nitrogen and oxygen atoms in total. The van der Waals surface area contributed by atoms with Gasteiger partial charge in [0.15, 0.2) is 0 Å². The SMILES string of the molecule is C[C@H](CC1CCOCC1)N[C@H]1CCCO[C@@H]1c1cnn(C)c1. The Morgan fingerprint density at radius 3 is 2.86 bits per heavy atom. The summed E-state index contributed by atoms with van der Waals surface area (Å²) in [5, 5.41) is 8.12.